The van der Waals surface area contributed by atoms with Crippen LogP contribution in [0, 0.1) is 5.92 Å². The molecule has 2 nitrogen and oxygen atoms in total. The highest BCUT2D eigenvalue weighted by Gasteiger charge is 2.38. The topological polar surface area (TPSA) is 24.4 Å². The first-order valence-corrected chi connectivity index (χ1v) is 7.79. The zero-order valence-electron chi connectivity index (χ0n) is 10.2. The molecule has 2 unspecified atom stereocenters. The highest BCUT2D eigenvalue weighted by atomic mass is 32.2. The van der Waals surface area contributed by atoms with Gasteiger partial charge in [0.05, 0.1) is 6.04 Å². The van der Waals surface area contributed by atoms with Crippen LogP contribution < -0.4 is 5.32 Å². The van der Waals surface area contributed by atoms with E-state index in [1.807, 2.05) is 11.8 Å². The maximum atomic E-state index is 4.93. The highest BCUT2D eigenvalue weighted by Crippen LogP contribution is 2.38. The molecule has 0 saturated heterocycles. The minimum atomic E-state index is 0.414. The Kier molecular flexibility index (Phi) is 2.90. The molecule has 1 heterocycles. The van der Waals surface area contributed by atoms with Crippen LogP contribution in [-0.4, -0.2) is 22.5 Å². The molecule has 3 rings (SSSR count). The second-order valence-corrected chi connectivity index (χ2v) is 6.62. The van der Waals surface area contributed by atoms with Crippen molar-refractivity contribution >= 4 is 16.9 Å². The Bertz CT molecular complexity index is 291. The molecule has 0 aromatic rings. The van der Waals surface area contributed by atoms with Gasteiger partial charge in [0.25, 0.3) is 0 Å². The van der Waals surface area contributed by atoms with E-state index in [-0.39, 0.29) is 0 Å². The lowest BCUT2D eigenvalue weighted by Gasteiger charge is -2.43. The summed E-state index contributed by atoms with van der Waals surface area (Å²) in [5.74, 6) is 2.19. The summed E-state index contributed by atoms with van der Waals surface area (Å²) < 4.78 is 0. The van der Waals surface area contributed by atoms with Gasteiger partial charge in [-0.25, -0.2) is 0 Å². The SMILES string of the molecule is CCC1(NC2=NC3CCCC3CS2)CCC1. The molecule has 0 bridgehead atoms. The van der Waals surface area contributed by atoms with Crippen molar-refractivity contribution in [2.75, 3.05) is 5.75 Å². The fourth-order valence-electron chi connectivity index (χ4n) is 3.22. The third-order valence-electron chi connectivity index (χ3n) is 4.70. The van der Waals surface area contributed by atoms with E-state index in [1.165, 1.54) is 55.9 Å². The van der Waals surface area contributed by atoms with Gasteiger partial charge in [-0.1, -0.05) is 25.1 Å². The molecule has 2 saturated carbocycles. The van der Waals surface area contributed by atoms with E-state index in [0.29, 0.717) is 11.6 Å². The molecule has 0 spiro atoms. The van der Waals surface area contributed by atoms with Crippen LogP contribution in [0.5, 0.6) is 0 Å². The van der Waals surface area contributed by atoms with Crippen molar-refractivity contribution in [1.29, 1.82) is 0 Å². The number of thioether (sulfide) groups is 1. The van der Waals surface area contributed by atoms with Crippen LogP contribution in [0.25, 0.3) is 0 Å². The Morgan fingerprint density at radius 3 is 2.94 bits per heavy atom. The van der Waals surface area contributed by atoms with Gasteiger partial charge in [-0.05, 0) is 44.4 Å². The molecular formula is C13H22N2S. The van der Waals surface area contributed by atoms with Gasteiger partial charge in [0.1, 0.15) is 0 Å². The number of nitrogens with zero attached hydrogens (tertiary/aromatic N) is 1. The summed E-state index contributed by atoms with van der Waals surface area (Å²) in [6, 6.07) is 0.651. The molecule has 3 heteroatoms. The number of amidine groups is 1. The van der Waals surface area contributed by atoms with Gasteiger partial charge in [-0.3, -0.25) is 4.99 Å². The van der Waals surface area contributed by atoms with E-state index in [1.54, 1.807) is 0 Å². The normalized spacial score (nSPS) is 36.2. The van der Waals surface area contributed by atoms with Gasteiger partial charge < -0.3 is 5.32 Å². The quantitative estimate of drug-likeness (QED) is 0.799. The molecule has 90 valence electrons. The van der Waals surface area contributed by atoms with E-state index in [9.17, 15) is 0 Å². The van der Waals surface area contributed by atoms with Crippen molar-refractivity contribution in [3.63, 3.8) is 0 Å². The molecule has 1 aliphatic heterocycles. The molecule has 2 fully saturated rings. The van der Waals surface area contributed by atoms with Gasteiger partial charge in [-0.2, -0.15) is 0 Å². The number of nitrogens with one attached hydrogen (secondary N) is 1. The summed E-state index contributed by atoms with van der Waals surface area (Å²) in [6.07, 6.45) is 9.47. The number of rotatable bonds is 2. The Morgan fingerprint density at radius 2 is 2.25 bits per heavy atom. The van der Waals surface area contributed by atoms with Gasteiger partial charge in [0.15, 0.2) is 5.17 Å². The molecule has 1 N–H and O–H groups in total. The predicted octanol–water partition coefficient (Wildman–Crippen LogP) is 3.18. The maximum absolute atomic E-state index is 4.93. The molecule has 3 aliphatic rings. The van der Waals surface area contributed by atoms with Crippen molar-refractivity contribution in [1.82, 2.24) is 5.32 Å². The predicted molar refractivity (Wildman–Crippen MR) is 71.0 cm³/mol. The van der Waals surface area contributed by atoms with Gasteiger partial charge in [0.2, 0.25) is 0 Å². The molecule has 16 heavy (non-hydrogen) atoms. The smallest absolute Gasteiger partial charge is 0.157 e. The van der Waals surface area contributed by atoms with Crippen LogP contribution in [0.2, 0.25) is 0 Å². The third-order valence-corrected chi connectivity index (χ3v) is 5.77. The van der Waals surface area contributed by atoms with Crippen molar-refractivity contribution in [3.05, 3.63) is 0 Å². The molecule has 0 radical (unpaired) electrons. The Balaban J connectivity index is 1.66. The first kappa shape index (κ1) is 10.9. The maximum Gasteiger partial charge on any atom is 0.157 e. The van der Waals surface area contributed by atoms with Gasteiger partial charge >= 0.3 is 0 Å². The lowest BCUT2D eigenvalue weighted by Crippen LogP contribution is -2.53. The number of fused-ring (bicyclic) bond motifs is 1. The van der Waals surface area contributed by atoms with Crippen molar-refractivity contribution in [3.8, 4) is 0 Å². The average molecular weight is 238 g/mol. The number of aliphatic imine (C=N–C) groups is 1. The third kappa shape index (κ3) is 1.87. The Labute approximate surface area is 103 Å². The summed E-state index contributed by atoms with van der Waals surface area (Å²) in [5.41, 5.74) is 0.414. The van der Waals surface area contributed by atoms with Crippen LogP contribution in [0.15, 0.2) is 4.99 Å². The minimum absolute atomic E-state index is 0.414. The van der Waals surface area contributed by atoms with Crippen LogP contribution >= 0.6 is 11.8 Å². The summed E-state index contributed by atoms with van der Waals surface area (Å²) in [5, 5.41) is 5.00. The van der Waals surface area contributed by atoms with Crippen LogP contribution in [0.4, 0.5) is 0 Å². The van der Waals surface area contributed by atoms with Crippen LogP contribution in [-0.2, 0) is 0 Å². The zero-order valence-corrected chi connectivity index (χ0v) is 11.0. The molecule has 0 amide bonds. The Hall–Kier alpha value is -0.180. The van der Waals surface area contributed by atoms with Crippen molar-refractivity contribution in [2.24, 2.45) is 10.9 Å². The standard InChI is InChI=1S/C13H22N2S/c1-2-13(7-4-8-13)15-12-14-11-6-3-5-10(11)9-16-12/h10-11H,2-9H2,1H3,(H,14,15). The van der Waals surface area contributed by atoms with Crippen LogP contribution in [0.1, 0.15) is 51.9 Å². The fourth-order valence-corrected chi connectivity index (χ4v) is 4.48. The van der Waals surface area contributed by atoms with E-state index < -0.39 is 0 Å². The monoisotopic (exact) mass is 238 g/mol. The van der Waals surface area contributed by atoms with Gasteiger partial charge in [0, 0.05) is 11.3 Å². The number of hydrogen-bond donors (Lipinski definition) is 1. The van der Waals surface area contributed by atoms with Gasteiger partial charge in [-0.15, -0.1) is 0 Å². The zero-order chi connectivity index (χ0) is 11.0. The lowest BCUT2D eigenvalue weighted by atomic mass is 9.75. The fraction of sp³-hybridized carbons (Fsp3) is 0.923. The molecule has 2 atom stereocenters. The summed E-state index contributed by atoms with van der Waals surface area (Å²) in [6.45, 7) is 2.30. The summed E-state index contributed by atoms with van der Waals surface area (Å²) >= 11 is 1.97. The minimum Gasteiger partial charge on any atom is -0.359 e. The van der Waals surface area contributed by atoms with E-state index in [2.05, 4.69) is 12.2 Å². The molecule has 2 aliphatic carbocycles. The molecular weight excluding hydrogens is 216 g/mol. The highest BCUT2D eigenvalue weighted by molar-refractivity contribution is 8.13. The second kappa shape index (κ2) is 4.25. The Morgan fingerprint density at radius 1 is 1.38 bits per heavy atom. The second-order valence-electron chi connectivity index (χ2n) is 5.62. The van der Waals surface area contributed by atoms with E-state index >= 15 is 0 Å². The first-order chi connectivity index (χ1) is 7.81. The number of hydrogen-bond acceptors (Lipinski definition) is 3. The average Bonchev–Trinajstić information content (AvgIpc) is 2.70. The first-order valence-electron chi connectivity index (χ1n) is 6.80. The molecule has 0 aromatic heterocycles. The lowest BCUT2D eigenvalue weighted by molar-refractivity contribution is 0.210. The van der Waals surface area contributed by atoms with Crippen molar-refractivity contribution in [2.45, 2.75) is 63.5 Å². The summed E-state index contributed by atoms with van der Waals surface area (Å²) in [4.78, 5) is 4.93. The largest absolute Gasteiger partial charge is 0.359 e. The summed E-state index contributed by atoms with van der Waals surface area (Å²) in [7, 11) is 0. The van der Waals surface area contributed by atoms with Crippen molar-refractivity contribution < 1.29 is 0 Å². The van der Waals surface area contributed by atoms with E-state index in [4.69, 9.17) is 4.99 Å². The van der Waals surface area contributed by atoms with Crippen LogP contribution in [0.3, 0.4) is 0 Å². The van der Waals surface area contributed by atoms with E-state index in [0.717, 1.165) is 5.92 Å². The molecule has 0 aromatic carbocycles.